The fraction of sp³-hybridized carbons (Fsp3) is 0.444. The third-order valence-corrected chi connectivity index (χ3v) is 6.91. The Morgan fingerprint density at radius 3 is 2.33 bits per heavy atom. The van der Waals surface area contributed by atoms with E-state index in [1.807, 2.05) is 11.8 Å². The van der Waals surface area contributed by atoms with E-state index in [0.29, 0.717) is 0 Å². The lowest BCUT2D eigenvalue weighted by Crippen LogP contribution is -2.06. The normalized spacial score (nSPS) is 15.9. The van der Waals surface area contributed by atoms with Crippen LogP contribution in [-0.4, -0.2) is 10.9 Å². The largest absolute Gasteiger partial charge is 0.383 e. The summed E-state index contributed by atoms with van der Waals surface area (Å²) in [7, 11) is 0. The highest BCUT2D eigenvalue weighted by Crippen LogP contribution is 2.39. The second kappa shape index (κ2) is 5.79. The highest BCUT2D eigenvalue weighted by atomic mass is 32.2. The second-order valence-electron chi connectivity index (χ2n) is 5.98. The molecule has 1 atom stereocenters. The molecule has 1 aliphatic heterocycles. The zero-order valence-corrected chi connectivity index (χ0v) is 14.8. The zero-order chi connectivity index (χ0) is 15.1. The van der Waals surface area contributed by atoms with E-state index in [1.54, 1.807) is 11.3 Å². The maximum absolute atomic E-state index is 11.0. The Bertz CT molecular complexity index is 635. The maximum atomic E-state index is 11.0. The van der Waals surface area contributed by atoms with Crippen molar-refractivity contribution in [3.8, 4) is 0 Å². The van der Waals surface area contributed by atoms with Gasteiger partial charge in [-0.2, -0.15) is 11.8 Å². The highest BCUT2D eigenvalue weighted by Gasteiger charge is 2.22. The Kier molecular flexibility index (Phi) is 4.17. The van der Waals surface area contributed by atoms with E-state index in [9.17, 15) is 5.11 Å². The number of thiophene rings is 1. The Morgan fingerprint density at radius 1 is 1.05 bits per heavy atom. The molecule has 0 bridgehead atoms. The van der Waals surface area contributed by atoms with Crippen LogP contribution in [0.4, 0.5) is 0 Å². The molecule has 1 aromatic heterocycles. The summed E-state index contributed by atoms with van der Waals surface area (Å²) in [6, 6.07) is 4.45. The molecule has 0 amide bonds. The predicted molar refractivity (Wildman–Crippen MR) is 93.6 cm³/mol. The number of benzene rings is 1. The van der Waals surface area contributed by atoms with Crippen LogP contribution in [0.5, 0.6) is 0 Å². The standard InChI is InChI=1S/C18H22OS2/c1-10-7-11(2)13(4)17(12(10)3)18(19)16-8-14-9-20-6-5-15(14)21-16/h7-8,18-19H,5-6,9H2,1-4H3. The third-order valence-electron chi connectivity index (χ3n) is 4.61. The maximum Gasteiger partial charge on any atom is 0.114 e. The van der Waals surface area contributed by atoms with Crippen molar-refractivity contribution in [3.05, 3.63) is 55.3 Å². The molecule has 2 heterocycles. The third kappa shape index (κ3) is 2.67. The summed E-state index contributed by atoms with van der Waals surface area (Å²) in [5, 5.41) is 11.0. The molecular weight excluding hydrogens is 296 g/mol. The van der Waals surface area contributed by atoms with Gasteiger partial charge in [0, 0.05) is 15.5 Å². The van der Waals surface area contributed by atoms with Crippen molar-refractivity contribution in [2.24, 2.45) is 0 Å². The molecule has 2 aromatic rings. The number of aliphatic hydroxyl groups excluding tert-OH is 1. The zero-order valence-electron chi connectivity index (χ0n) is 13.1. The lowest BCUT2D eigenvalue weighted by Gasteiger charge is -2.19. The molecule has 0 radical (unpaired) electrons. The fourth-order valence-electron chi connectivity index (χ4n) is 3.10. The first-order valence-electron chi connectivity index (χ1n) is 7.43. The molecule has 112 valence electrons. The quantitative estimate of drug-likeness (QED) is 0.854. The van der Waals surface area contributed by atoms with Crippen LogP contribution in [0.3, 0.4) is 0 Å². The van der Waals surface area contributed by atoms with Gasteiger partial charge in [0.1, 0.15) is 6.10 Å². The van der Waals surface area contributed by atoms with Crippen molar-refractivity contribution in [2.45, 2.75) is 46.0 Å². The van der Waals surface area contributed by atoms with Crippen molar-refractivity contribution in [1.29, 1.82) is 0 Å². The molecule has 0 fully saturated rings. The molecule has 0 saturated carbocycles. The van der Waals surface area contributed by atoms with E-state index < -0.39 is 6.10 Å². The number of thioether (sulfide) groups is 1. The molecule has 1 unspecified atom stereocenters. The van der Waals surface area contributed by atoms with Gasteiger partial charge in [-0.3, -0.25) is 0 Å². The van der Waals surface area contributed by atoms with Crippen LogP contribution in [-0.2, 0) is 12.2 Å². The summed E-state index contributed by atoms with van der Waals surface area (Å²) >= 11 is 3.80. The molecule has 3 heteroatoms. The van der Waals surface area contributed by atoms with Crippen molar-refractivity contribution in [1.82, 2.24) is 0 Å². The van der Waals surface area contributed by atoms with E-state index in [-0.39, 0.29) is 0 Å². The minimum atomic E-state index is -0.482. The van der Waals surface area contributed by atoms with Crippen LogP contribution >= 0.6 is 23.1 Å². The van der Waals surface area contributed by atoms with Crippen molar-refractivity contribution in [2.75, 3.05) is 5.75 Å². The minimum absolute atomic E-state index is 0.482. The summed E-state index contributed by atoms with van der Waals surface area (Å²) in [5.74, 6) is 2.31. The Labute approximate surface area is 135 Å². The van der Waals surface area contributed by atoms with Gasteiger partial charge in [-0.15, -0.1) is 11.3 Å². The van der Waals surface area contributed by atoms with Crippen molar-refractivity contribution >= 4 is 23.1 Å². The summed E-state index contributed by atoms with van der Waals surface area (Å²) in [4.78, 5) is 2.58. The molecule has 1 N–H and O–H groups in total. The molecule has 0 saturated heterocycles. The van der Waals surface area contributed by atoms with E-state index >= 15 is 0 Å². The molecule has 21 heavy (non-hydrogen) atoms. The van der Waals surface area contributed by atoms with Gasteiger partial charge in [0.2, 0.25) is 0 Å². The molecule has 0 spiro atoms. The van der Waals surface area contributed by atoms with Crippen LogP contribution in [0.1, 0.15) is 49.2 Å². The molecule has 1 aliphatic rings. The average Bonchev–Trinajstić information content (AvgIpc) is 2.89. The smallest absolute Gasteiger partial charge is 0.114 e. The van der Waals surface area contributed by atoms with Gasteiger partial charge in [-0.05, 0) is 79.3 Å². The minimum Gasteiger partial charge on any atom is -0.383 e. The first-order chi connectivity index (χ1) is 9.99. The first kappa shape index (κ1) is 15.1. The Balaban J connectivity index is 2.06. The average molecular weight is 319 g/mol. The second-order valence-corrected chi connectivity index (χ2v) is 8.25. The molecule has 1 nitrogen and oxygen atoms in total. The first-order valence-corrected chi connectivity index (χ1v) is 9.40. The lowest BCUT2D eigenvalue weighted by atomic mass is 9.90. The van der Waals surface area contributed by atoms with Crippen LogP contribution < -0.4 is 0 Å². The molecular formula is C18H22OS2. The van der Waals surface area contributed by atoms with Gasteiger partial charge < -0.3 is 5.11 Å². The lowest BCUT2D eigenvalue weighted by molar-refractivity contribution is 0.222. The van der Waals surface area contributed by atoms with Gasteiger partial charge in [0.05, 0.1) is 0 Å². The van der Waals surface area contributed by atoms with Gasteiger partial charge in [-0.1, -0.05) is 6.07 Å². The summed E-state index contributed by atoms with van der Waals surface area (Å²) in [6.07, 6.45) is 0.673. The van der Waals surface area contributed by atoms with Crippen molar-refractivity contribution in [3.63, 3.8) is 0 Å². The van der Waals surface area contributed by atoms with E-state index in [2.05, 4.69) is 39.8 Å². The molecule has 0 aliphatic carbocycles. The van der Waals surface area contributed by atoms with E-state index in [0.717, 1.165) is 22.6 Å². The number of fused-ring (bicyclic) bond motifs is 1. The van der Waals surface area contributed by atoms with Crippen LogP contribution in [0.2, 0.25) is 0 Å². The van der Waals surface area contributed by atoms with Crippen LogP contribution in [0.15, 0.2) is 12.1 Å². The van der Waals surface area contributed by atoms with Gasteiger partial charge in [0.15, 0.2) is 0 Å². The number of aryl methyl sites for hydroxylation is 3. The monoisotopic (exact) mass is 318 g/mol. The summed E-state index contributed by atoms with van der Waals surface area (Å²) < 4.78 is 0. The Hall–Kier alpha value is -0.770. The van der Waals surface area contributed by atoms with Crippen LogP contribution in [0.25, 0.3) is 0 Å². The number of aliphatic hydroxyl groups is 1. The highest BCUT2D eigenvalue weighted by molar-refractivity contribution is 7.98. The summed E-state index contributed by atoms with van der Waals surface area (Å²) in [6.45, 7) is 8.52. The fourth-order valence-corrected chi connectivity index (χ4v) is 5.48. The van der Waals surface area contributed by atoms with Gasteiger partial charge >= 0.3 is 0 Å². The number of hydrogen-bond acceptors (Lipinski definition) is 3. The number of hydrogen-bond donors (Lipinski definition) is 1. The number of rotatable bonds is 2. The summed E-state index contributed by atoms with van der Waals surface area (Å²) in [5.41, 5.74) is 7.54. The molecule has 1 aromatic carbocycles. The molecule has 3 rings (SSSR count). The predicted octanol–water partition coefficient (Wildman–Crippen LogP) is 4.85. The van der Waals surface area contributed by atoms with Crippen LogP contribution in [0, 0.1) is 27.7 Å². The SMILES string of the molecule is Cc1cc(C)c(C)c(C(O)c2cc3c(s2)CCSC3)c1C. The van der Waals surface area contributed by atoms with E-state index in [1.165, 1.54) is 38.4 Å². The van der Waals surface area contributed by atoms with Crippen molar-refractivity contribution < 1.29 is 5.11 Å². The van der Waals surface area contributed by atoms with E-state index in [4.69, 9.17) is 0 Å². The Morgan fingerprint density at radius 2 is 1.71 bits per heavy atom. The van der Waals surface area contributed by atoms with Gasteiger partial charge in [-0.25, -0.2) is 0 Å². The topological polar surface area (TPSA) is 20.2 Å². The van der Waals surface area contributed by atoms with Gasteiger partial charge in [0.25, 0.3) is 0 Å².